The number of aliphatic hydroxyl groups is 1. The third kappa shape index (κ3) is 3.61. The predicted octanol–water partition coefficient (Wildman–Crippen LogP) is 2.87. The molecule has 0 amide bonds. The maximum atomic E-state index is 12.4. The van der Waals surface area contributed by atoms with Gasteiger partial charge in [0.1, 0.15) is 0 Å². The molecule has 0 saturated carbocycles. The second-order valence-corrected chi connectivity index (χ2v) is 3.75. The topological polar surface area (TPSA) is 57.5 Å². The maximum Gasteiger partial charge on any atom is 0.416 e. The number of aliphatic hydroxyl groups excluding tert-OH is 1. The van der Waals surface area contributed by atoms with Crippen LogP contribution < -0.4 is 0 Å². The van der Waals surface area contributed by atoms with Crippen molar-refractivity contribution in [2.75, 3.05) is 0 Å². The Morgan fingerprint density at radius 1 is 1.41 bits per heavy atom. The smallest absolute Gasteiger partial charge is 0.416 e. The summed E-state index contributed by atoms with van der Waals surface area (Å²) >= 11 is 5.60. The molecule has 0 bridgehead atoms. The minimum Gasteiger partial charge on any atom is -0.481 e. The molecular weight excluding hydrogens is 261 g/mol. The summed E-state index contributed by atoms with van der Waals surface area (Å²) in [5.74, 6) is -1.33. The van der Waals surface area contributed by atoms with Gasteiger partial charge in [0.05, 0.1) is 18.1 Å². The zero-order chi connectivity index (χ0) is 13.2. The summed E-state index contributed by atoms with van der Waals surface area (Å²) in [6, 6.07) is 2.39. The van der Waals surface area contributed by atoms with E-state index < -0.39 is 30.2 Å². The monoisotopic (exact) mass is 268 g/mol. The number of hydrogen-bond donors (Lipinski definition) is 2. The highest BCUT2D eigenvalue weighted by atomic mass is 35.5. The Morgan fingerprint density at radius 3 is 2.47 bits per heavy atom. The highest BCUT2D eigenvalue weighted by Gasteiger charge is 2.31. The number of carboxylic acids is 1. The van der Waals surface area contributed by atoms with Gasteiger partial charge >= 0.3 is 12.1 Å². The molecule has 0 aliphatic carbocycles. The van der Waals surface area contributed by atoms with E-state index in [9.17, 15) is 23.1 Å². The molecule has 0 unspecified atom stereocenters. The van der Waals surface area contributed by atoms with Gasteiger partial charge in [0.25, 0.3) is 0 Å². The third-order valence-corrected chi connectivity index (χ3v) is 2.39. The van der Waals surface area contributed by atoms with E-state index >= 15 is 0 Å². The van der Waals surface area contributed by atoms with Crippen LogP contribution in [0.15, 0.2) is 18.2 Å². The third-order valence-electron chi connectivity index (χ3n) is 2.05. The molecule has 0 aromatic heterocycles. The number of halogens is 4. The fourth-order valence-corrected chi connectivity index (χ4v) is 1.49. The summed E-state index contributed by atoms with van der Waals surface area (Å²) in [4.78, 5) is 10.4. The summed E-state index contributed by atoms with van der Waals surface area (Å²) in [5.41, 5.74) is -1.23. The van der Waals surface area contributed by atoms with Crippen molar-refractivity contribution in [3.05, 3.63) is 34.3 Å². The van der Waals surface area contributed by atoms with E-state index in [0.29, 0.717) is 6.07 Å². The van der Waals surface area contributed by atoms with Gasteiger partial charge in [0.15, 0.2) is 0 Å². The van der Waals surface area contributed by atoms with Crippen molar-refractivity contribution >= 4 is 17.6 Å². The fourth-order valence-electron chi connectivity index (χ4n) is 1.25. The van der Waals surface area contributed by atoms with Gasteiger partial charge in [-0.1, -0.05) is 11.6 Å². The molecule has 0 aliphatic heterocycles. The van der Waals surface area contributed by atoms with Crippen LogP contribution in [0, 0.1) is 0 Å². The number of carbonyl (C=O) groups is 1. The molecule has 3 nitrogen and oxygen atoms in total. The molecular formula is C10H8ClF3O3. The lowest BCUT2D eigenvalue weighted by atomic mass is 10.0. The minimum atomic E-state index is -4.57. The summed E-state index contributed by atoms with van der Waals surface area (Å²) in [6.07, 6.45) is -6.84. The number of hydrogen-bond acceptors (Lipinski definition) is 2. The molecule has 7 heteroatoms. The highest BCUT2D eigenvalue weighted by molar-refractivity contribution is 6.31. The minimum absolute atomic E-state index is 0.105. The van der Waals surface area contributed by atoms with Gasteiger partial charge < -0.3 is 10.2 Å². The summed E-state index contributed by atoms with van der Waals surface area (Å²) in [6.45, 7) is 0. The van der Waals surface area contributed by atoms with Crippen molar-refractivity contribution in [3.63, 3.8) is 0 Å². The molecule has 1 aromatic carbocycles. The SMILES string of the molecule is O=C(O)C[C@H](O)c1cc(C(F)(F)F)ccc1Cl. The Kier molecular flexibility index (Phi) is 4.00. The fraction of sp³-hybridized carbons (Fsp3) is 0.300. The Labute approximate surface area is 99.4 Å². The predicted molar refractivity (Wildman–Crippen MR) is 53.7 cm³/mol. The van der Waals surface area contributed by atoms with Crippen molar-refractivity contribution < 1.29 is 28.2 Å². The van der Waals surface area contributed by atoms with Crippen LogP contribution in [0.2, 0.25) is 5.02 Å². The number of alkyl halides is 3. The normalized spacial score (nSPS) is 13.5. The molecule has 2 N–H and O–H groups in total. The van der Waals surface area contributed by atoms with Crippen molar-refractivity contribution in [2.24, 2.45) is 0 Å². The molecule has 1 atom stereocenters. The van der Waals surface area contributed by atoms with E-state index in [2.05, 4.69) is 0 Å². The van der Waals surface area contributed by atoms with Crippen LogP contribution in [-0.2, 0) is 11.0 Å². The Bertz CT molecular complexity index is 431. The van der Waals surface area contributed by atoms with Gasteiger partial charge in [-0.15, -0.1) is 0 Å². The standard InChI is InChI=1S/C10H8ClF3O3/c11-7-2-1-5(10(12,13)14)3-6(7)8(15)4-9(16)17/h1-3,8,15H,4H2,(H,16,17)/t8-/m0/s1. The van der Waals surface area contributed by atoms with E-state index in [4.69, 9.17) is 16.7 Å². The van der Waals surface area contributed by atoms with E-state index in [-0.39, 0.29) is 10.6 Å². The average molecular weight is 269 g/mol. The van der Waals surface area contributed by atoms with E-state index in [1.54, 1.807) is 0 Å². The van der Waals surface area contributed by atoms with Gasteiger partial charge in [-0.3, -0.25) is 4.79 Å². The lowest BCUT2D eigenvalue weighted by Crippen LogP contribution is -2.09. The lowest BCUT2D eigenvalue weighted by molar-refractivity contribution is -0.139. The molecule has 1 rings (SSSR count). The van der Waals surface area contributed by atoms with Crippen molar-refractivity contribution in [1.29, 1.82) is 0 Å². The number of benzene rings is 1. The van der Waals surface area contributed by atoms with Crippen LogP contribution in [-0.4, -0.2) is 16.2 Å². The van der Waals surface area contributed by atoms with E-state index in [0.717, 1.165) is 12.1 Å². The Morgan fingerprint density at radius 2 is 2.00 bits per heavy atom. The quantitative estimate of drug-likeness (QED) is 0.886. The molecule has 0 aliphatic rings. The largest absolute Gasteiger partial charge is 0.481 e. The highest BCUT2D eigenvalue weighted by Crippen LogP contribution is 2.34. The van der Waals surface area contributed by atoms with E-state index in [1.165, 1.54) is 0 Å². The summed E-state index contributed by atoms with van der Waals surface area (Å²) < 4.78 is 37.2. The summed E-state index contributed by atoms with van der Waals surface area (Å²) in [5, 5.41) is 17.8. The zero-order valence-electron chi connectivity index (χ0n) is 8.33. The van der Waals surface area contributed by atoms with Crippen LogP contribution in [0.4, 0.5) is 13.2 Å². The summed E-state index contributed by atoms with van der Waals surface area (Å²) in [7, 11) is 0. The molecule has 1 aromatic rings. The Hall–Kier alpha value is -1.27. The second-order valence-electron chi connectivity index (χ2n) is 3.35. The molecule has 17 heavy (non-hydrogen) atoms. The van der Waals surface area contributed by atoms with Crippen LogP contribution in [0.5, 0.6) is 0 Å². The average Bonchev–Trinajstić information content (AvgIpc) is 2.15. The molecule has 0 heterocycles. The van der Waals surface area contributed by atoms with Crippen molar-refractivity contribution in [1.82, 2.24) is 0 Å². The molecule has 0 spiro atoms. The number of carboxylic acid groups (broad SMARTS) is 1. The van der Waals surface area contributed by atoms with Gasteiger partial charge in [-0.25, -0.2) is 0 Å². The van der Waals surface area contributed by atoms with Crippen LogP contribution in [0.3, 0.4) is 0 Å². The van der Waals surface area contributed by atoms with Crippen LogP contribution >= 0.6 is 11.6 Å². The number of aliphatic carboxylic acids is 1. The first-order valence-corrected chi connectivity index (χ1v) is 4.86. The number of rotatable bonds is 3. The molecule has 0 radical (unpaired) electrons. The Balaban J connectivity index is 3.10. The van der Waals surface area contributed by atoms with Crippen molar-refractivity contribution in [3.8, 4) is 0 Å². The lowest BCUT2D eigenvalue weighted by Gasteiger charge is -2.13. The molecule has 0 fully saturated rings. The van der Waals surface area contributed by atoms with Crippen LogP contribution in [0.25, 0.3) is 0 Å². The van der Waals surface area contributed by atoms with E-state index in [1.807, 2.05) is 0 Å². The molecule has 94 valence electrons. The van der Waals surface area contributed by atoms with Gasteiger partial charge in [0.2, 0.25) is 0 Å². The first-order chi connectivity index (χ1) is 7.71. The second kappa shape index (κ2) is 4.93. The first kappa shape index (κ1) is 13.8. The first-order valence-electron chi connectivity index (χ1n) is 4.48. The zero-order valence-corrected chi connectivity index (χ0v) is 9.09. The van der Waals surface area contributed by atoms with Gasteiger partial charge in [-0.2, -0.15) is 13.2 Å². The van der Waals surface area contributed by atoms with Crippen molar-refractivity contribution in [2.45, 2.75) is 18.7 Å². The van der Waals surface area contributed by atoms with Gasteiger partial charge in [-0.05, 0) is 18.2 Å². The van der Waals surface area contributed by atoms with Crippen LogP contribution in [0.1, 0.15) is 23.7 Å². The maximum absolute atomic E-state index is 12.4. The van der Waals surface area contributed by atoms with Gasteiger partial charge in [0, 0.05) is 10.6 Å². The molecule has 0 saturated heterocycles.